The Bertz CT molecular complexity index is 585. The molecule has 6 heteroatoms. The summed E-state index contributed by atoms with van der Waals surface area (Å²) in [5.74, 6) is -0.0487. The number of carbonyl (C=O) groups is 1. The van der Waals surface area contributed by atoms with Gasteiger partial charge in [-0.25, -0.2) is 8.42 Å². The van der Waals surface area contributed by atoms with E-state index >= 15 is 0 Å². The van der Waals surface area contributed by atoms with Crippen molar-refractivity contribution >= 4 is 31.3 Å². The van der Waals surface area contributed by atoms with Gasteiger partial charge in [0.15, 0.2) is 0 Å². The van der Waals surface area contributed by atoms with Gasteiger partial charge in [0.2, 0.25) is 5.91 Å². The zero-order chi connectivity index (χ0) is 15.9. The minimum Gasteiger partial charge on any atom is -0.326 e. The number of unbranched alkanes of at least 4 members (excludes halogenated alkanes) is 4. The summed E-state index contributed by atoms with van der Waals surface area (Å²) in [7, 11) is 1.57. The van der Waals surface area contributed by atoms with Crippen molar-refractivity contribution in [2.24, 2.45) is 0 Å². The molecule has 0 spiro atoms. The normalized spacial score (nSPS) is 11.4. The number of halogens is 1. The first-order chi connectivity index (χ1) is 9.84. The van der Waals surface area contributed by atoms with Gasteiger partial charge in [-0.1, -0.05) is 32.6 Å². The van der Waals surface area contributed by atoms with Crippen LogP contribution in [-0.4, -0.2) is 14.3 Å². The molecule has 0 aliphatic heterocycles. The molecule has 0 radical (unpaired) electrons. The van der Waals surface area contributed by atoms with Gasteiger partial charge in [0.05, 0.1) is 4.90 Å². The van der Waals surface area contributed by atoms with Gasteiger partial charge in [-0.3, -0.25) is 4.79 Å². The van der Waals surface area contributed by atoms with E-state index in [9.17, 15) is 13.2 Å². The van der Waals surface area contributed by atoms with Gasteiger partial charge in [-0.05, 0) is 37.1 Å². The Morgan fingerprint density at radius 3 is 2.43 bits per heavy atom. The van der Waals surface area contributed by atoms with Gasteiger partial charge in [0.1, 0.15) is 0 Å². The van der Waals surface area contributed by atoms with Crippen molar-refractivity contribution < 1.29 is 13.2 Å². The molecule has 1 amide bonds. The van der Waals surface area contributed by atoms with E-state index in [1.54, 1.807) is 19.1 Å². The van der Waals surface area contributed by atoms with Crippen molar-refractivity contribution in [3.05, 3.63) is 23.8 Å². The molecule has 0 fully saturated rings. The lowest BCUT2D eigenvalue weighted by Crippen LogP contribution is -2.11. The second-order valence-electron chi connectivity index (χ2n) is 5.13. The van der Waals surface area contributed by atoms with E-state index in [1.807, 2.05) is 0 Å². The largest absolute Gasteiger partial charge is 0.326 e. The van der Waals surface area contributed by atoms with Crippen LogP contribution in [-0.2, 0) is 13.8 Å². The van der Waals surface area contributed by atoms with Crippen LogP contribution < -0.4 is 5.32 Å². The van der Waals surface area contributed by atoms with E-state index in [2.05, 4.69) is 12.2 Å². The van der Waals surface area contributed by atoms with Crippen molar-refractivity contribution in [3.63, 3.8) is 0 Å². The summed E-state index contributed by atoms with van der Waals surface area (Å²) >= 11 is 0. The van der Waals surface area contributed by atoms with Crippen LogP contribution >= 0.6 is 10.7 Å². The highest BCUT2D eigenvalue weighted by molar-refractivity contribution is 8.13. The van der Waals surface area contributed by atoms with Crippen LogP contribution in [0.4, 0.5) is 5.69 Å². The molecule has 1 aromatic rings. The second kappa shape index (κ2) is 8.39. The average Bonchev–Trinajstić information content (AvgIpc) is 2.37. The molecule has 1 aromatic carbocycles. The second-order valence-corrected chi connectivity index (χ2v) is 7.66. The van der Waals surface area contributed by atoms with Crippen molar-refractivity contribution in [2.75, 3.05) is 5.32 Å². The lowest BCUT2D eigenvalue weighted by molar-refractivity contribution is -0.116. The van der Waals surface area contributed by atoms with Crippen LogP contribution in [0, 0.1) is 6.92 Å². The van der Waals surface area contributed by atoms with Crippen molar-refractivity contribution in [2.45, 2.75) is 57.3 Å². The number of carbonyl (C=O) groups excluding carboxylic acids is 1. The van der Waals surface area contributed by atoms with Crippen LogP contribution in [0.25, 0.3) is 0 Å². The summed E-state index contributed by atoms with van der Waals surface area (Å²) < 4.78 is 22.6. The number of hydrogen-bond donors (Lipinski definition) is 1. The third-order valence-electron chi connectivity index (χ3n) is 3.23. The zero-order valence-corrected chi connectivity index (χ0v) is 14.1. The van der Waals surface area contributed by atoms with Crippen LogP contribution in [0.15, 0.2) is 23.1 Å². The van der Waals surface area contributed by atoms with Gasteiger partial charge in [0.25, 0.3) is 9.05 Å². The zero-order valence-electron chi connectivity index (χ0n) is 12.5. The summed E-state index contributed by atoms with van der Waals surface area (Å²) in [6, 6.07) is 4.58. The number of anilines is 1. The molecule has 21 heavy (non-hydrogen) atoms. The van der Waals surface area contributed by atoms with E-state index in [4.69, 9.17) is 10.7 Å². The number of amides is 1. The molecular formula is C15H22ClNO3S. The predicted molar refractivity (Wildman–Crippen MR) is 86.2 cm³/mol. The number of nitrogens with one attached hydrogen (secondary N) is 1. The SMILES string of the molecule is CCCCCCCC(=O)Nc1ccc(S(=O)(=O)Cl)c(C)c1. The Hall–Kier alpha value is -1.07. The van der Waals surface area contributed by atoms with Gasteiger partial charge in [0, 0.05) is 22.8 Å². The summed E-state index contributed by atoms with van der Waals surface area (Å²) in [5.41, 5.74) is 1.11. The van der Waals surface area contributed by atoms with Crippen LogP contribution in [0.1, 0.15) is 51.0 Å². The van der Waals surface area contributed by atoms with E-state index in [0.717, 1.165) is 19.3 Å². The fraction of sp³-hybridized carbons (Fsp3) is 0.533. The van der Waals surface area contributed by atoms with Crippen molar-refractivity contribution in [3.8, 4) is 0 Å². The Morgan fingerprint density at radius 1 is 1.19 bits per heavy atom. The first-order valence-corrected chi connectivity index (χ1v) is 9.50. The first-order valence-electron chi connectivity index (χ1n) is 7.19. The third-order valence-corrected chi connectivity index (χ3v) is 4.71. The van der Waals surface area contributed by atoms with Crippen molar-refractivity contribution in [1.82, 2.24) is 0 Å². The fourth-order valence-electron chi connectivity index (χ4n) is 2.11. The predicted octanol–water partition coefficient (Wildman–Crippen LogP) is 4.22. The topological polar surface area (TPSA) is 63.2 Å². The molecule has 0 aliphatic rings. The van der Waals surface area contributed by atoms with Gasteiger partial charge in [-0.2, -0.15) is 0 Å². The molecule has 1 N–H and O–H groups in total. The molecule has 0 bridgehead atoms. The maximum Gasteiger partial charge on any atom is 0.261 e. The quantitative estimate of drug-likeness (QED) is 0.573. The summed E-state index contributed by atoms with van der Waals surface area (Å²) in [4.78, 5) is 11.9. The van der Waals surface area contributed by atoms with Crippen LogP contribution in [0.3, 0.4) is 0 Å². The van der Waals surface area contributed by atoms with E-state index in [1.165, 1.54) is 18.9 Å². The lowest BCUT2D eigenvalue weighted by Gasteiger charge is -2.08. The van der Waals surface area contributed by atoms with Gasteiger partial charge < -0.3 is 5.32 Å². The molecular weight excluding hydrogens is 310 g/mol. The highest BCUT2D eigenvalue weighted by Gasteiger charge is 2.13. The van der Waals surface area contributed by atoms with E-state index in [-0.39, 0.29) is 10.8 Å². The highest BCUT2D eigenvalue weighted by atomic mass is 35.7. The minimum atomic E-state index is -3.74. The Labute approximate surface area is 131 Å². The average molecular weight is 332 g/mol. The molecule has 0 saturated heterocycles. The molecule has 0 aromatic heterocycles. The van der Waals surface area contributed by atoms with Crippen LogP contribution in [0.2, 0.25) is 0 Å². The minimum absolute atomic E-state index is 0.0487. The molecule has 0 unspecified atom stereocenters. The molecule has 0 aliphatic carbocycles. The van der Waals surface area contributed by atoms with Gasteiger partial charge in [-0.15, -0.1) is 0 Å². The molecule has 4 nitrogen and oxygen atoms in total. The molecule has 118 valence electrons. The maximum atomic E-state index is 11.8. The molecule has 0 saturated carbocycles. The third kappa shape index (κ3) is 6.48. The Kier molecular flexibility index (Phi) is 7.18. The molecule has 0 atom stereocenters. The standard InChI is InChI=1S/C15H22ClNO3S/c1-3-4-5-6-7-8-15(18)17-13-9-10-14(12(2)11-13)21(16,19)20/h9-11H,3-8H2,1-2H3,(H,17,18). The fourth-order valence-corrected chi connectivity index (χ4v) is 3.31. The van der Waals surface area contributed by atoms with E-state index in [0.29, 0.717) is 17.7 Å². The monoisotopic (exact) mass is 331 g/mol. The maximum absolute atomic E-state index is 11.8. The summed E-state index contributed by atoms with van der Waals surface area (Å²) in [6.07, 6.45) is 5.96. The molecule has 0 heterocycles. The van der Waals surface area contributed by atoms with E-state index < -0.39 is 9.05 Å². The first kappa shape index (κ1) is 18.0. The Balaban J connectivity index is 2.52. The summed E-state index contributed by atoms with van der Waals surface area (Å²) in [6.45, 7) is 3.80. The number of rotatable bonds is 8. The number of benzene rings is 1. The summed E-state index contributed by atoms with van der Waals surface area (Å²) in [5, 5.41) is 2.78. The lowest BCUT2D eigenvalue weighted by atomic mass is 10.1. The Morgan fingerprint density at radius 2 is 1.86 bits per heavy atom. The van der Waals surface area contributed by atoms with Crippen molar-refractivity contribution in [1.29, 1.82) is 0 Å². The highest BCUT2D eigenvalue weighted by Crippen LogP contribution is 2.22. The number of hydrogen-bond acceptors (Lipinski definition) is 3. The smallest absolute Gasteiger partial charge is 0.261 e. The molecule has 1 rings (SSSR count). The van der Waals surface area contributed by atoms with Gasteiger partial charge >= 0.3 is 0 Å². The van der Waals surface area contributed by atoms with Crippen LogP contribution in [0.5, 0.6) is 0 Å². The number of aryl methyl sites for hydroxylation is 1.